The molecule has 0 saturated heterocycles. The molecule has 1 rings (SSSR count). The zero-order valence-electron chi connectivity index (χ0n) is 9.17. The van der Waals surface area contributed by atoms with E-state index in [0.717, 1.165) is 6.26 Å². The van der Waals surface area contributed by atoms with Crippen molar-refractivity contribution in [2.75, 3.05) is 20.0 Å². The fourth-order valence-electron chi connectivity index (χ4n) is 1.33. The number of sulfone groups is 1. The van der Waals surface area contributed by atoms with Gasteiger partial charge in [0, 0.05) is 11.8 Å². The second-order valence-electron chi connectivity index (χ2n) is 3.46. The summed E-state index contributed by atoms with van der Waals surface area (Å²) in [5, 5.41) is 8.94. The maximum atomic E-state index is 11.3. The van der Waals surface area contributed by atoms with Crippen molar-refractivity contribution in [3.05, 3.63) is 23.8 Å². The number of methoxy groups -OCH3 is 1. The SMILES string of the molecule is COc1cc(S(C)(=O)=O)ccc1C(N)CO. The number of aliphatic hydroxyl groups excluding tert-OH is 1. The lowest BCUT2D eigenvalue weighted by Gasteiger charge is -2.14. The molecule has 0 aliphatic carbocycles. The first-order valence-electron chi connectivity index (χ1n) is 4.64. The molecule has 0 heterocycles. The molecule has 0 aliphatic heterocycles. The number of benzene rings is 1. The number of nitrogens with two attached hydrogens (primary N) is 1. The molecule has 16 heavy (non-hydrogen) atoms. The zero-order chi connectivity index (χ0) is 12.3. The summed E-state index contributed by atoms with van der Waals surface area (Å²) in [5.41, 5.74) is 6.23. The first kappa shape index (κ1) is 13.0. The summed E-state index contributed by atoms with van der Waals surface area (Å²) in [7, 11) is -1.84. The normalized spacial score (nSPS) is 13.5. The molecule has 1 unspecified atom stereocenters. The predicted octanol–water partition coefficient (Wildman–Crippen LogP) is 0.0908. The highest BCUT2D eigenvalue weighted by Crippen LogP contribution is 2.26. The van der Waals surface area contributed by atoms with Crippen LogP contribution in [0.4, 0.5) is 0 Å². The van der Waals surface area contributed by atoms with Gasteiger partial charge in [0.2, 0.25) is 0 Å². The number of rotatable bonds is 4. The lowest BCUT2D eigenvalue weighted by Crippen LogP contribution is -2.15. The molecule has 0 bridgehead atoms. The standard InChI is InChI=1S/C10H15NO4S/c1-15-10-5-7(16(2,13)14)3-4-8(10)9(11)6-12/h3-5,9,12H,6,11H2,1-2H3. The van der Waals surface area contributed by atoms with Crippen LogP contribution >= 0.6 is 0 Å². The number of hydrogen-bond acceptors (Lipinski definition) is 5. The molecule has 0 spiro atoms. The first-order valence-corrected chi connectivity index (χ1v) is 6.53. The van der Waals surface area contributed by atoms with E-state index in [4.69, 9.17) is 15.6 Å². The van der Waals surface area contributed by atoms with E-state index in [1.54, 1.807) is 6.07 Å². The van der Waals surface area contributed by atoms with Crippen molar-refractivity contribution in [3.63, 3.8) is 0 Å². The van der Waals surface area contributed by atoms with Crippen molar-refractivity contribution in [2.24, 2.45) is 5.73 Å². The van der Waals surface area contributed by atoms with Gasteiger partial charge in [0.05, 0.1) is 24.7 Å². The molecule has 5 nitrogen and oxygen atoms in total. The molecule has 90 valence electrons. The third-order valence-electron chi connectivity index (χ3n) is 2.23. The number of hydrogen-bond donors (Lipinski definition) is 2. The minimum atomic E-state index is -3.27. The maximum absolute atomic E-state index is 11.3. The van der Waals surface area contributed by atoms with Gasteiger partial charge in [-0.15, -0.1) is 0 Å². The Hall–Kier alpha value is -1.11. The topological polar surface area (TPSA) is 89.6 Å². The molecule has 0 saturated carbocycles. The Bertz CT molecular complexity index is 470. The summed E-state index contributed by atoms with van der Waals surface area (Å²) in [4.78, 5) is 0.165. The van der Waals surface area contributed by atoms with E-state index in [0.29, 0.717) is 11.3 Å². The van der Waals surface area contributed by atoms with Gasteiger partial charge in [-0.3, -0.25) is 0 Å². The Morgan fingerprint density at radius 2 is 2.12 bits per heavy atom. The summed E-state index contributed by atoms with van der Waals surface area (Å²) >= 11 is 0. The molecule has 1 atom stereocenters. The van der Waals surface area contributed by atoms with Gasteiger partial charge in [0.25, 0.3) is 0 Å². The molecule has 0 amide bonds. The molecule has 0 radical (unpaired) electrons. The van der Waals surface area contributed by atoms with Crippen LogP contribution in [0.25, 0.3) is 0 Å². The fourth-order valence-corrected chi connectivity index (χ4v) is 1.96. The molecule has 6 heteroatoms. The summed E-state index contributed by atoms with van der Waals surface area (Å²) in [6.45, 7) is -0.228. The van der Waals surface area contributed by atoms with E-state index in [-0.39, 0.29) is 11.5 Å². The molecule has 1 aromatic carbocycles. The Kier molecular flexibility index (Phi) is 3.90. The zero-order valence-corrected chi connectivity index (χ0v) is 9.99. The average Bonchev–Trinajstić information content (AvgIpc) is 2.26. The number of ether oxygens (including phenoxy) is 1. The Morgan fingerprint density at radius 1 is 1.50 bits per heavy atom. The Labute approximate surface area is 94.8 Å². The molecule has 1 aromatic rings. The van der Waals surface area contributed by atoms with Crippen molar-refractivity contribution < 1.29 is 18.3 Å². The van der Waals surface area contributed by atoms with Crippen LogP contribution in [-0.4, -0.2) is 33.5 Å². The van der Waals surface area contributed by atoms with E-state index in [9.17, 15) is 8.42 Å². The van der Waals surface area contributed by atoms with Gasteiger partial charge in [-0.05, 0) is 12.1 Å². The van der Waals surface area contributed by atoms with Crippen LogP contribution < -0.4 is 10.5 Å². The lowest BCUT2D eigenvalue weighted by atomic mass is 10.1. The molecule has 0 aliphatic rings. The van der Waals surface area contributed by atoms with Gasteiger partial charge in [0.1, 0.15) is 5.75 Å². The minimum Gasteiger partial charge on any atom is -0.496 e. The van der Waals surface area contributed by atoms with Gasteiger partial charge < -0.3 is 15.6 Å². The van der Waals surface area contributed by atoms with Crippen molar-refractivity contribution >= 4 is 9.84 Å². The molecular formula is C10H15NO4S. The fraction of sp³-hybridized carbons (Fsp3) is 0.400. The van der Waals surface area contributed by atoms with E-state index >= 15 is 0 Å². The van der Waals surface area contributed by atoms with E-state index in [1.165, 1.54) is 19.2 Å². The quantitative estimate of drug-likeness (QED) is 0.784. The molecule has 3 N–H and O–H groups in total. The highest BCUT2D eigenvalue weighted by atomic mass is 32.2. The van der Waals surface area contributed by atoms with Crippen LogP contribution in [0.15, 0.2) is 23.1 Å². The molecule has 0 aromatic heterocycles. The van der Waals surface area contributed by atoms with Crippen LogP contribution in [0.2, 0.25) is 0 Å². The first-order chi connectivity index (χ1) is 7.40. The second-order valence-corrected chi connectivity index (χ2v) is 5.48. The maximum Gasteiger partial charge on any atom is 0.175 e. The van der Waals surface area contributed by atoms with Gasteiger partial charge in [0.15, 0.2) is 9.84 Å². The van der Waals surface area contributed by atoms with Crippen LogP contribution in [0.1, 0.15) is 11.6 Å². The summed E-state index contributed by atoms with van der Waals surface area (Å²) in [6, 6.07) is 3.82. The second kappa shape index (κ2) is 4.82. The van der Waals surface area contributed by atoms with E-state index < -0.39 is 15.9 Å². The smallest absolute Gasteiger partial charge is 0.175 e. The van der Waals surface area contributed by atoms with Gasteiger partial charge >= 0.3 is 0 Å². The third-order valence-corrected chi connectivity index (χ3v) is 3.34. The van der Waals surface area contributed by atoms with Crippen LogP contribution in [0.3, 0.4) is 0 Å². The summed E-state index contributed by atoms with van der Waals surface area (Å²) in [6.07, 6.45) is 1.12. The summed E-state index contributed by atoms with van der Waals surface area (Å²) < 4.78 is 27.7. The minimum absolute atomic E-state index is 0.165. The Balaban J connectivity index is 3.27. The third kappa shape index (κ3) is 2.72. The van der Waals surface area contributed by atoms with Crippen LogP contribution in [0, 0.1) is 0 Å². The van der Waals surface area contributed by atoms with Gasteiger partial charge in [-0.1, -0.05) is 6.07 Å². The van der Waals surface area contributed by atoms with Crippen molar-refractivity contribution in [3.8, 4) is 5.75 Å². The van der Waals surface area contributed by atoms with Gasteiger partial charge in [-0.25, -0.2) is 8.42 Å². The van der Waals surface area contributed by atoms with E-state index in [1.807, 2.05) is 0 Å². The van der Waals surface area contributed by atoms with Gasteiger partial charge in [-0.2, -0.15) is 0 Å². The largest absolute Gasteiger partial charge is 0.496 e. The van der Waals surface area contributed by atoms with Crippen molar-refractivity contribution in [2.45, 2.75) is 10.9 Å². The highest BCUT2D eigenvalue weighted by molar-refractivity contribution is 7.90. The monoisotopic (exact) mass is 245 g/mol. The van der Waals surface area contributed by atoms with Crippen LogP contribution in [0.5, 0.6) is 5.75 Å². The van der Waals surface area contributed by atoms with Crippen molar-refractivity contribution in [1.29, 1.82) is 0 Å². The average molecular weight is 245 g/mol. The number of aliphatic hydroxyl groups is 1. The lowest BCUT2D eigenvalue weighted by molar-refractivity contribution is 0.264. The van der Waals surface area contributed by atoms with Crippen molar-refractivity contribution in [1.82, 2.24) is 0 Å². The summed E-state index contributed by atoms with van der Waals surface area (Å²) in [5.74, 6) is 0.365. The predicted molar refractivity (Wildman–Crippen MR) is 60.1 cm³/mol. The Morgan fingerprint density at radius 3 is 2.56 bits per heavy atom. The molecular weight excluding hydrogens is 230 g/mol. The van der Waals surface area contributed by atoms with Crippen LogP contribution in [-0.2, 0) is 9.84 Å². The molecule has 0 fully saturated rings. The highest BCUT2D eigenvalue weighted by Gasteiger charge is 2.15. The van der Waals surface area contributed by atoms with E-state index in [2.05, 4.69) is 0 Å².